The van der Waals surface area contributed by atoms with Gasteiger partial charge in [0.05, 0.1) is 0 Å². The van der Waals surface area contributed by atoms with E-state index in [1.807, 2.05) is 0 Å². The summed E-state index contributed by atoms with van der Waals surface area (Å²) in [6.45, 7) is 4.78. The number of amides is 1. The fourth-order valence-corrected chi connectivity index (χ4v) is 1.20. The van der Waals surface area contributed by atoms with Gasteiger partial charge in [-0.15, -0.1) is 0 Å². The molecule has 0 radical (unpaired) electrons. The van der Waals surface area contributed by atoms with Crippen molar-refractivity contribution in [2.75, 3.05) is 6.54 Å². The fourth-order valence-electron chi connectivity index (χ4n) is 1.20. The van der Waals surface area contributed by atoms with Gasteiger partial charge < -0.3 is 20.9 Å². The summed E-state index contributed by atoms with van der Waals surface area (Å²) in [7, 11) is 0. The highest BCUT2D eigenvalue weighted by atomic mass is 19.1. The summed E-state index contributed by atoms with van der Waals surface area (Å²) in [5.74, 6) is -1.71. The van der Waals surface area contributed by atoms with Crippen molar-refractivity contribution in [2.24, 2.45) is 5.73 Å². The highest BCUT2D eigenvalue weighted by Gasteiger charge is 2.23. The number of carboxylic acids is 1. The van der Waals surface area contributed by atoms with E-state index in [0.717, 1.165) is 0 Å². The second-order valence-corrected chi connectivity index (χ2v) is 4.97. The zero-order valence-electron chi connectivity index (χ0n) is 11.4. The molecule has 0 saturated carbocycles. The van der Waals surface area contributed by atoms with Gasteiger partial charge in [0.2, 0.25) is 0 Å². The van der Waals surface area contributed by atoms with Crippen LogP contribution in [0.15, 0.2) is 11.9 Å². The largest absolute Gasteiger partial charge is 0.480 e. The molecular formula is C12H21FN2O4. The van der Waals surface area contributed by atoms with Gasteiger partial charge >= 0.3 is 12.1 Å². The molecule has 0 aromatic rings. The summed E-state index contributed by atoms with van der Waals surface area (Å²) < 4.78 is 17.7. The summed E-state index contributed by atoms with van der Waals surface area (Å²) in [5.41, 5.74) is 4.34. The van der Waals surface area contributed by atoms with Crippen LogP contribution in [0.25, 0.3) is 0 Å². The van der Waals surface area contributed by atoms with Crippen LogP contribution in [0.3, 0.4) is 0 Å². The van der Waals surface area contributed by atoms with Gasteiger partial charge in [0, 0.05) is 6.54 Å². The number of rotatable bonds is 6. The SMILES string of the molecule is CC(C)(C)OC(=O)N[C@@H](CCC=C(F)CN)C(=O)O. The molecule has 0 aliphatic heterocycles. The molecule has 0 aliphatic carbocycles. The van der Waals surface area contributed by atoms with Crippen LogP contribution in [0.1, 0.15) is 33.6 Å². The fraction of sp³-hybridized carbons (Fsp3) is 0.667. The molecule has 0 fully saturated rings. The van der Waals surface area contributed by atoms with E-state index in [0.29, 0.717) is 0 Å². The maximum atomic E-state index is 12.7. The van der Waals surface area contributed by atoms with Crippen molar-refractivity contribution in [3.63, 3.8) is 0 Å². The number of hydrogen-bond acceptors (Lipinski definition) is 4. The van der Waals surface area contributed by atoms with E-state index in [1.165, 1.54) is 6.08 Å². The number of ether oxygens (including phenoxy) is 1. The number of nitrogens with one attached hydrogen (secondary N) is 1. The molecule has 0 unspecified atom stereocenters. The number of carbonyl (C=O) groups is 2. The third-order valence-electron chi connectivity index (χ3n) is 2.01. The van der Waals surface area contributed by atoms with E-state index >= 15 is 0 Å². The molecule has 0 aromatic heterocycles. The zero-order valence-corrected chi connectivity index (χ0v) is 11.4. The first-order valence-corrected chi connectivity index (χ1v) is 5.92. The lowest BCUT2D eigenvalue weighted by atomic mass is 10.1. The summed E-state index contributed by atoms with van der Waals surface area (Å²) in [6.07, 6.45) is 0.605. The number of alkyl carbamates (subject to hydrolysis) is 1. The minimum absolute atomic E-state index is 0.0575. The summed E-state index contributed by atoms with van der Waals surface area (Å²) in [5, 5.41) is 11.2. The van der Waals surface area contributed by atoms with Gasteiger partial charge in [0.25, 0.3) is 0 Å². The van der Waals surface area contributed by atoms with E-state index in [-0.39, 0.29) is 19.4 Å². The van der Waals surface area contributed by atoms with Crippen molar-refractivity contribution in [3.8, 4) is 0 Å². The third kappa shape index (κ3) is 9.01. The lowest BCUT2D eigenvalue weighted by Gasteiger charge is -2.21. The molecule has 0 spiro atoms. The Kier molecular flexibility index (Phi) is 7.06. The highest BCUT2D eigenvalue weighted by Crippen LogP contribution is 2.08. The van der Waals surface area contributed by atoms with Gasteiger partial charge in [-0.05, 0) is 33.6 Å². The van der Waals surface area contributed by atoms with Gasteiger partial charge in [0.15, 0.2) is 0 Å². The first kappa shape index (κ1) is 17.4. The van der Waals surface area contributed by atoms with Crippen molar-refractivity contribution in [1.82, 2.24) is 5.32 Å². The molecule has 7 heteroatoms. The van der Waals surface area contributed by atoms with Crippen LogP contribution in [-0.4, -0.2) is 35.4 Å². The lowest BCUT2D eigenvalue weighted by Crippen LogP contribution is -2.43. The molecule has 1 amide bonds. The Hall–Kier alpha value is -1.63. The Balaban J connectivity index is 4.35. The quantitative estimate of drug-likeness (QED) is 0.683. The Labute approximate surface area is 111 Å². The van der Waals surface area contributed by atoms with Crippen molar-refractivity contribution in [1.29, 1.82) is 0 Å². The predicted molar refractivity (Wildman–Crippen MR) is 68.3 cm³/mol. The number of halogens is 1. The van der Waals surface area contributed by atoms with E-state index in [9.17, 15) is 14.0 Å². The van der Waals surface area contributed by atoms with Gasteiger partial charge in [-0.2, -0.15) is 0 Å². The molecule has 0 bridgehead atoms. The second kappa shape index (κ2) is 7.73. The van der Waals surface area contributed by atoms with Gasteiger partial charge in [0.1, 0.15) is 17.5 Å². The van der Waals surface area contributed by atoms with E-state index in [1.54, 1.807) is 20.8 Å². The number of nitrogens with two attached hydrogens (primary N) is 1. The standard InChI is InChI=1S/C12H21FN2O4/c1-12(2,3)19-11(18)15-9(10(16)17)6-4-5-8(13)7-14/h5,9H,4,6-7,14H2,1-3H3,(H,15,18)(H,16,17)/t9-/m0/s1. The molecule has 0 aromatic carbocycles. The number of carboxylic acid groups (broad SMARTS) is 1. The van der Waals surface area contributed by atoms with Crippen LogP contribution in [0.5, 0.6) is 0 Å². The lowest BCUT2D eigenvalue weighted by molar-refractivity contribution is -0.139. The summed E-state index contributed by atoms with van der Waals surface area (Å²) in [4.78, 5) is 22.4. The van der Waals surface area contributed by atoms with Crippen LogP contribution < -0.4 is 11.1 Å². The van der Waals surface area contributed by atoms with E-state index < -0.39 is 29.5 Å². The smallest absolute Gasteiger partial charge is 0.408 e. The average molecular weight is 276 g/mol. The van der Waals surface area contributed by atoms with Gasteiger partial charge in [-0.3, -0.25) is 0 Å². The van der Waals surface area contributed by atoms with Crippen molar-refractivity contribution >= 4 is 12.1 Å². The van der Waals surface area contributed by atoms with Crippen LogP contribution in [0, 0.1) is 0 Å². The van der Waals surface area contributed by atoms with Crippen molar-refractivity contribution in [3.05, 3.63) is 11.9 Å². The second-order valence-electron chi connectivity index (χ2n) is 4.97. The van der Waals surface area contributed by atoms with Crippen molar-refractivity contribution in [2.45, 2.75) is 45.3 Å². The van der Waals surface area contributed by atoms with Gasteiger partial charge in [-0.25, -0.2) is 14.0 Å². The summed E-state index contributed by atoms with van der Waals surface area (Å²) >= 11 is 0. The zero-order chi connectivity index (χ0) is 15.1. The third-order valence-corrected chi connectivity index (χ3v) is 2.01. The van der Waals surface area contributed by atoms with Crippen LogP contribution in [-0.2, 0) is 9.53 Å². The number of carbonyl (C=O) groups excluding carboxylic acids is 1. The normalized spacial score (nSPS) is 13.8. The Morgan fingerprint density at radius 2 is 2.05 bits per heavy atom. The average Bonchev–Trinajstić information content (AvgIpc) is 2.24. The summed E-state index contributed by atoms with van der Waals surface area (Å²) in [6, 6.07) is -1.13. The molecule has 4 N–H and O–H groups in total. The maximum absolute atomic E-state index is 12.7. The Bertz CT molecular complexity index is 350. The van der Waals surface area contributed by atoms with E-state index in [4.69, 9.17) is 15.6 Å². The first-order valence-electron chi connectivity index (χ1n) is 5.92. The minimum atomic E-state index is -1.20. The molecule has 19 heavy (non-hydrogen) atoms. The molecule has 0 rings (SSSR count). The molecule has 1 atom stereocenters. The predicted octanol–water partition coefficient (Wildman–Crippen LogP) is 1.56. The van der Waals surface area contributed by atoms with Crippen molar-refractivity contribution < 1.29 is 23.8 Å². The molecule has 0 aliphatic rings. The molecule has 0 heterocycles. The van der Waals surface area contributed by atoms with Crippen LogP contribution in [0.4, 0.5) is 9.18 Å². The Morgan fingerprint density at radius 3 is 2.47 bits per heavy atom. The highest BCUT2D eigenvalue weighted by molar-refractivity contribution is 5.79. The van der Waals surface area contributed by atoms with Gasteiger partial charge in [-0.1, -0.05) is 6.08 Å². The van der Waals surface area contributed by atoms with E-state index in [2.05, 4.69) is 5.32 Å². The number of aliphatic carboxylic acids is 1. The minimum Gasteiger partial charge on any atom is -0.480 e. The Morgan fingerprint density at radius 1 is 1.47 bits per heavy atom. The number of hydrogen-bond donors (Lipinski definition) is 3. The number of allylic oxidation sites excluding steroid dienone is 1. The van der Waals surface area contributed by atoms with Crippen LogP contribution in [0.2, 0.25) is 0 Å². The molecule has 110 valence electrons. The topological polar surface area (TPSA) is 102 Å². The maximum Gasteiger partial charge on any atom is 0.408 e. The molecule has 0 saturated heterocycles. The molecular weight excluding hydrogens is 255 g/mol. The van der Waals surface area contributed by atoms with Crippen LogP contribution >= 0.6 is 0 Å². The monoisotopic (exact) mass is 276 g/mol. The molecule has 6 nitrogen and oxygen atoms in total. The first-order chi connectivity index (χ1) is 8.65.